The summed E-state index contributed by atoms with van der Waals surface area (Å²) >= 11 is 0. The maximum atomic E-state index is 12.8. The molecule has 0 aliphatic carbocycles. The third kappa shape index (κ3) is 4.62. The quantitative estimate of drug-likeness (QED) is 0.794. The minimum absolute atomic E-state index is 0.0632. The predicted octanol–water partition coefficient (Wildman–Crippen LogP) is 4.23. The van der Waals surface area contributed by atoms with Gasteiger partial charge in [0, 0.05) is 31.9 Å². The summed E-state index contributed by atoms with van der Waals surface area (Å²) < 4.78 is 5.95. The fraction of sp³-hybridized carbons (Fsp3) is 0.435. The zero-order chi connectivity index (χ0) is 19.4. The van der Waals surface area contributed by atoms with Gasteiger partial charge in [0.05, 0.1) is 0 Å². The van der Waals surface area contributed by atoms with Crippen LogP contribution < -0.4 is 9.64 Å². The van der Waals surface area contributed by atoms with Gasteiger partial charge in [0.1, 0.15) is 5.75 Å². The zero-order valence-corrected chi connectivity index (χ0v) is 16.8. The first-order valence-electron chi connectivity index (χ1n) is 9.81. The lowest BCUT2D eigenvalue weighted by atomic mass is 9.98. The molecule has 1 aliphatic rings. The van der Waals surface area contributed by atoms with Gasteiger partial charge in [-0.2, -0.15) is 0 Å². The maximum Gasteiger partial charge on any atom is 0.263 e. The number of rotatable bonds is 5. The van der Waals surface area contributed by atoms with E-state index in [1.807, 2.05) is 30.0 Å². The van der Waals surface area contributed by atoms with Crippen molar-refractivity contribution in [2.45, 2.75) is 39.7 Å². The van der Waals surface area contributed by atoms with Crippen molar-refractivity contribution in [3.63, 3.8) is 0 Å². The fourth-order valence-corrected chi connectivity index (χ4v) is 3.70. The number of aryl methyl sites for hydroxylation is 1. The van der Waals surface area contributed by atoms with Gasteiger partial charge in [0.15, 0.2) is 6.10 Å². The number of amides is 1. The Labute approximate surface area is 162 Å². The van der Waals surface area contributed by atoms with E-state index >= 15 is 0 Å². The van der Waals surface area contributed by atoms with Crippen LogP contribution in [0.15, 0.2) is 48.5 Å². The van der Waals surface area contributed by atoms with Crippen LogP contribution in [0.25, 0.3) is 0 Å². The normalized spacial score (nSPS) is 15.7. The minimum Gasteiger partial charge on any atom is -0.481 e. The molecule has 1 aliphatic heterocycles. The summed E-state index contributed by atoms with van der Waals surface area (Å²) in [7, 11) is 0. The lowest BCUT2D eigenvalue weighted by Gasteiger charge is -2.37. The highest BCUT2D eigenvalue weighted by atomic mass is 16.5. The number of hydrogen-bond donors (Lipinski definition) is 0. The van der Waals surface area contributed by atoms with Gasteiger partial charge in [-0.1, -0.05) is 38.1 Å². The Kier molecular flexibility index (Phi) is 6.04. The summed E-state index contributed by atoms with van der Waals surface area (Å²) in [4.78, 5) is 17.0. The molecule has 27 heavy (non-hydrogen) atoms. The molecular weight excluding hydrogens is 336 g/mol. The van der Waals surface area contributed by atoms with Crippen molar-refractivity contribution in [3.8, 4) is 5.75 Å². The summed E-state index contributed by atoms with van der Waals surface area (Å²) in [6, 6.07) is 16.5. The number of carbonyl (C=O) groups excluding carboxylic acids is 1. The number of anilines is 1. The first-order chi connectivity index (χ1) is 13.0. The molecule has 1 saturated heterocycles. The second-order valence-electron chi connectivity index (χ2n) is 7.58. The molecule has 0 bridgehead atoms. The Balaban J connectivity index is 1.56. The van der Waals surface area contributed by atoms with Crippen molar-refractivity contribution >= 4 is 11.6 Å². The van der Waals surface area contributed by atoms with Gasteiger partial charge in [-0.25, -0.2) is 0 Å². The molecule has 0 spiro atoms. The Bertz CT molecular complexity index is 765. The molecule has 0 radical (unpaired) electrons. The highest BCUT2D eigenvalue weighted by Crippen LogP contribution is 2.24. The van der Waals surface area contributed by atoms with Gasteiger partial charge < -0.3 is 14.5 Å². The van der Waals surface area contributed by atoms with Crippen LogP contribution >= 0.6 is 0 Å². The second kappa shape index (κ2) is 8.47. The molecule has 4 heteroatoms. The molecule has 1 atom stereocenters. The van der Waals surface area contributed by atoms with E-state index in [1.54, 1.807) is 0 Å². The van der Waals surface area contributed by atoms with Gasteiger partial charge in [0.2, 0.25) is 0 Å². The summed E-state index contributed by atoms with van der Waals surface area (Å²) in [5.74, 6) is 1.31. The number of nitrogens with zero attached hydrogens (tertiary/aromatic N) is 2. The van der Waals surface area contributed by atoms with Crippen LogP contribution in [0.1, 0.15) is 37.8 Å². The smallest absolute Gasteiger partial charge is 0.263 e. The van der Waals surface area contributed by atoms with Gasteiger partial charge >= 0.3 is 0 Å². The number of ether oxygens (including phenoxy) is 1. The summed E-state index contributed by atoms with van der Waals surface area (Å²) in [6.45, 7) is 11.5. The summed E-state index contributed by atoms with van der Waals surface area (Å²) in [5, 5.41) is 0. The third-order valence-corrected chi connectivity index (χ3v) is 5.24. The van der Waals surface area contributed by atoms with E-state index in [1.165, 1.54) is 16.8 Å². The van der Waals surface area contributed by atoms with Crippen molar-refractivity contribution in [1.82, 2.24) is 4.90 Å². The number of hydrogen-bond acceptors (Lipinski definition) is 3. The van der Waals surface area contributed by atoms with Gasteiger partial charge in [-0.3, -0.25) is 4.79 Å². The molecule has 1 amide bonds. The average molecular weight is 367 g/mol. The van der Waals surface area contributed by atoms with Crippen molar-refractivity contribution in [2.75, 3.05) is 31.1 Å². The van der Waals surface area contributed by atoms with E-state index in [2.05, 4.69) is 56.0 Å². The topological polar surface area (TPSA) is 32.8 Å². The zero-order valence-electron chi connectivity index (χ0n) is 16.8. The highest BCUT2D eigenvalue weighted by molar-refractivity contribution is 5.81. The van der Waals surface area contributed by atoms with Crippen molar-refractivity contribution in [1.29, 1.82) is 0 Å². The van der Waals surface area contributed by atoms with Gasteiger partial charge in [-0.05, 0) is 55.2 Å². The van der Waals surface area contributed by atoms with Crippen LogP contribution in [0, 0.1) is 6.92 Å². The molecule has 2 aromatic rings. The largest absolute Gasteiger partial charge is 0.481 e. The Morgan fingerprint density at radius 3 is 2.22 bits per heavy atom. The summed E-state index contributed by atoms with van der Waals surface area (Å²) in [6.07, 6.45) is -0.474. The lowest BCUT2D eigenvalue weighted by molar-refractivity contribution is -0.138. The first-order valence-corrected chi connectivity index (χ1v) is 9.81. The van der Waals surface area contributed by atoms with Crippen molar-refractivity contribution < 1.29 is 9.53 Å². The number of carbonyl (C=O) groups is 1. The Morgan fingerprint density at radius 2 is 1.63 bits per heavy atom. The monoisotopic (exact) mass is 366 g/mol. The molecule has 3 rings (SSSR count). The Morgan fingerprint density at radius 1 is 0.963 bits per heavy atom. The molecular formula is C23H30N2O2. The average Bonchev–Trinajstić information content (AvgIpc) is 2.68. The van der Waals surface area contributed by atoms with E-state index in [0.717, 1.165) is 31.9 Å². The van der Waals surface area contributed by atoms with E-state index in [4.69, 9.17) is 4.74 Å². The molecule has 2 aromatic carbocycles. The highest BCUT2D eigenvalue weighted by Gasteiger charge is 2.26. The maximum absolute atomic E-state index is 12.8. The van der Waals surface area contributed by atoms with Crippen LogP contribution in [0.4, 0.5) is 5.69 Å². The van der Waals surface area contributed by atoms with E-state index in [9.17, 15) is 4.79 Å². The van der Waals surface area contributed by atoms with Crippen LogP contribution in [0.5, 0.6) is 5.75 Å². The molecule has 1 fully saturated rings. The fourth-order valence-electron chi connectivity index (χ4n) is 3.70. The van der Waals surface area contributed by atoms with Crippen molar-refractivity contribution in [3.05, 3.63) is 59.7 Å². The van der Waals surface area contributed by atoms with E-state index in [0.29, 0.717) is 5.92 Å². The third-order valence-electron chi connectivity index (χ3n) is 5.24. The van der Waals surface area contributed by atoms with Gasteiger partial charge in [-0.15, -0.1) is 0 Å². The van der Waals surface area contributed by atoms with Crippen LogP contribution in [-0.4, -0.2) is 43.1 Å². The van der Waals surface area contributed by atoms with E-state index in [-0.39, 0.29) is 5.91 Å². The second-order valence-corrected chi connectivity index (χ2v) is 7.58. The number of para-hydroxylation sites is 1. The predicted molar refractivity (Wildman–Crippen MR) is 111 cm³/mol. The van der Waals surface area contributed by atoms with Crippen molar-refractivity contribution in [2.24, 2.45) is 0 Å². The van der Waals surface area contributed by atoms with Gasteiger partial charge in [0.25, 0.3) is 5.91 Å². The molecule has 1 unspecified atom stereocenters. The molecule has 0 saturated carbocycles. The standard InChI is InChI=1S/C23H30N2O2/c1-17(2)22-11-10-21(16-18(22)3)27-19(4)23(26)25-14-12-24(13-15-25)20-8-6-5-7-9-20/h5-11,16-17,19H,12-15H2,1-4H3. The molecule has 0 aromatic heterocycles. The van der Waals surface area contributed by atoms with Crippen LogP contribution in [0.3, 0.4) is 0 Å². The molecule has 1 heterocycles. The molecule has 144 valence electrons. The molecule has 4 nitrogen and oxygen atoms in total. The minimum atomic E-state index is -0.474. The van der Waals surface area contributed by atoms with E-state index < -0.39 is 6.10 Å². The molecule has 0 N–H and O–H groups in total. The number of piperazine rings is 1. The number of benzene rings is 2. The summed E-state index contributed by atoms with van der Waals surface area (Å²) in [5.41, 5.74) is 3.74. The van der Waals surface area contributed by atoms with Crippen LogP contribution in [-0.2, 0) is 4.79 Å². The SMILES string of the molecule is Cc1cc(OC(C)C(=O)N2CCN(c3ccccc3)CC2)ccc1C(C)C. The Hall–Kier alpha value is -2.49. The van der Waals surface area contributed by atoms with Crippen LogP contribution in [0.2, 0.25) is 0 Å². The first kappa shape index (κ1) is 19.3. The lowest BCUT2D eigenvalue weighted by Crippen LogP contribution is -2.52.